The van der Waals surface area contributed by atoms with E-state index >= 15 is 0 Å². The number of nitrogens with two attached hydrogens (primary N) is 1. The Kier molecular flexibility index (Phi) is 8.99. The molecule has 0 aliphatic carbocycles. The fourth-order valence-corrected chi connectivity index (χ4v) is 3.02. The number of likely N-dealkylation sites (tertiary alicyclic amines) is 2. The third-order valence-corrected chi connectivity index (χ3v) is 4.07. The van der Waals surface area contributed by atoms with Crippen molar-refractivity contribution in [2.75, 3.05) is 26.2 Å². The lowest BCUT2D eigenvalue weighted by molar-refractivity contribution is -0.133. The summed E-state index contributed by atoms with van der Waals surface area (Å²) in [5, 5.41) is 0. The number of carbonyl (C=O) groups excluding carboxylic acids is 1. The van der Waals surface area contributed by atoms with Crippen molar-refractivity contribution in [2.45, 2.75) is 51.1 Å². The Morgan fingerprint density at radius 2 is 1.58 bits per heavy atom. The zero-order chi connectivity index (χ0) is 12.3. The second-order valence-electron chi connectivity index (χ2n) is 5.44. The Morgan fingerprint density at radius 1 is 1.05 bits per heavy atom. The van der Waals surface area contributed by atoms with E-state index in [9.17, 15) is 4.79 Å². The van der Waals surface area contributed by atoms with Gasteiger partial charge in [0.1, 0.15) is 0 Å². The zero-order valence-corrected chi connectivity index (χ0v) is 13.3. The molecule has 1 amide bonds. The molecule has 2 rings (SSSR count). The second-order valence-corrected chi connectivity index (χ2v) is 5.44. The molecule has 1 atom stereocenters. The van der Waals surface area contributed by atoms with Gasteiger partial charge in [-0.05, 0) is 45.7 Å². The first-order valence-corrected chi connectivity index (χ1v) is 6.97. The standard InChI is InChI=1S/C13H25N3O.2ClH/c1-11(14)13(17)16-9-5-12(6-10-16)15-7-3-2-4-8-15;;/h11-12H,2-10,14H2,1H3;2*1H/t11-;;/m1../s1. The Hall–Kier alpha value is -0.0300. The quantitative estimate of drug-likeness (QED) is 0.843. The fraction of sp³-hybridized carbons (Fsp3) is 0.923. The number of rotatable bonds is 2. The van der Waals surface area contributed by atoms with Gasteiger partial charge in [0, 0.05) is 19.1 Å². The summed E-state index contributed by atoms with van der Waals surface area (Å²) >= 11 is 0. The van der Waals surface area contributed by atoms with E-state index < -0.39 is 0 Å². The van der Waals surface area contributed by atoms with Crippen LogP contribution in [0.1, 0.15) is 39.0 Å². The summed E-state index contributed by atoms with van der Waals surface area (Å²) in [5.74, 6) is 0.113. The van der Waals surface area contributed by atoms with E-state index in [-0.39, 0.29) is 36.8 Å². The van der Waals surface area contributed by atoms with Crippen LogP contribution in [0.5, 0.6) is 0 Å². The minimum absolute atomic E-state index is 0. The predicted octanol–water partition coefficient (Wildman–Crippen LogP) is 1.65. The van der Waals surface area contributed by atoms with E-state index in [4.69, 9.17) is 5.73 Å². The summed E-state index contributed by atoms with van der Waals surface area (Å²) in [4.78, 5) is 16.3. The van der Waals surface area contributed by atoms with E-state index in [1.165, 1.54) is 32.4 Å². The Morgan fingerprint density at radius 3 is 2.05 bits per heavy atom. The molecule has 0 aromatic heterocycles. The number of piperidine rings is 2. The molecule has 0 unspecified atom stereocenters. The molecule has 2 saturated heterocycles. The molecule has 2 aliphatic heterocycles. The summed E-state index contributed by atoms with van der Waals surface area (Å²) in [6.45, 7) is 6.07. The topological polar surface area (TPSA) is 49.6 Å². The van der Waals surface area contributed by atoms with Gasteiger partial charge in [0.05, 0.1) is 6.04 Å². The highest BCUT2D eigenvalue weighted by molar-refractivity contribution is 5.85. The first-order valence-electron chi connectivity index (χ1n) is 6.97. The highest BCUT2D eigenvalue weighted by Gasteiger charge is 2.28. The predicted molar refractivity (Wildman–Crippen MR) is 83.2 cm³/mol. The third-order valence-electron chi connectivity index (χ3n) is 4.07. The highest BCUT2D eigenvalue weighted by atomic mass is 35.5. The molecule has 0 aromatic carbocycles. The SMILES string of the molecule is C[C@@H](N)C(=O)N1CCC(N2CCCCC2)CC1.Cl.Cl. The van der Waals surface area contributed by atoms with Crippen molar-refractivity contribution in [2.24, 2.45) is 5.73 Å². The Balaban J connectivity index is 0.00000162. The van der Waals surface area contributed by atoms with Crippen molar-refractivity contribution in [3.63, 3.8) is 0 Å². The lowest BCUT2D eigenvalue weighted by Gasteiger charge is -2.40. The van der Waals surface area contributed by atoms with Crippen molar-refractivity contribution >= 4 is 30.7 Å². The van der Waals surface area contributed by atoms with Gasteiger partial charge in [-0.25, -0.2) is 0 Å². The molecular weight excluding hydrogens is 285 g/mol. The molecule has 114 valence electrons. The van der Waals surface area contributed by atoms with Gasteiger partial charge >= 0.3 is 0 Å². The summed E-state index contributed by atoms with van der Waals surface area (Å²) in [7, 11) is 0. The van der Waals surface area contributed by atoms with Crippen LogP contribution in [0.25, 0.3) is 0 Å². The zero-order valence-electron chi connectivity index (χ0n) is 11.7. The van der Waals surface area contributed by atoms with Crippen LogP contribution in [-0.2, 0) is 4.79 Å². The smallest absolute Gasteiger partial charge is 0.239 e. The summed E-state index contributed by atoms with van der Waals surface area (Å²) in [6, 6.07) is 0.356. The van der Waals surface area contributed by atoms with Crippen LogP contribution >= 0.6 is 24.8 Å². The van der Waals surface area contributed by atoms with Gasteiger partial charge in [-0.15, -0.1) is 24.8 Å². The van der Waals surface area contributed by atoms with Crippen molar-refractivity contribution in [1.29, 1.82) is 0 Å². The lowest BCUT2D eigenvalue weighted by Crippen LogP contribution is -2.51. The van der Waals surface area contributed by atoms with Crippen molar-refractivity contribution < 1.29 is 4.79 Å². The number of carbonyl (C=O) groups is 1. The molecule has 0 saturated carbocycles. The molecule has 2 N–H and O–H groups in total. The molecular formula is C13H27Cl2N3O. The van der Waals surface area contributed by atoms with Crippen molar-refractivity contribution in [3.05, 3.63) is 0 Å². The van der Waals surface area contributed by atoms with Crippen molar-refractivity contribution in [3.8, 4) is 0 Å². The van der Waals surface area contributed by atoms with E-state index in [2.05, 4.69) is 4.90 Å². The molecule has 0 radical (unpaired) electrons. The van der Waals surface area contributed by atoms with Gasteiger partial charge in [0.15, 0.2) is 0 Å². The Bertz CT molecular complexity index is 263. The van der Waals surface area contributed by atoms with Crippen LogP contribution in [0.2, 0.25) is 0 Å². The minimum Gasteiger partial charge on any atom is -0.341 e. The summed E-state index contributed by atoms with van der Waals surface area (Å²) in [5.41, 5.74) is 5.64. The molecule has 6 heteroatoms. The maximum atomic E-state index is 11.8. The molecule has 0 spiro atoms. The van der Waals surface area contributed by atoms with E-state index in [1.54, 1.807) is 6.92 Å². The van der Waals surface area contributed by atoms with Crippen LogP contribution < -0.4 is 5.73 Å². The van der Waals surface area contributed by atoms with Crippen LogP contribution in [0, 0.1) is 0 Å². The molecule has 2 aliphatic rings. The fourth-order valence-electron chi connectivity index (χ4n) is 3.02. The molecule has 2 heterocycles. The number of amides is 1. The number of hydrogen-bond donors (Lipinski definition) is 1. The van der Waals surface area contributed by atoms with Crippen LogP contribution in [0.4, 0.5) is 0 Å². The average molecular weight is 312 g/mol. The summed E-state index contributed by atoms with van der Waals surface area (Å²) in [6.07, 6.45) is 6.33. The normalized spacial score (nSPS) is 23.2. The van der Waals surface area contributed by atoms with Crippen molar-refractivity contribution in [1.82, 2.24) is 9.80 Å². The first kappa shape index (κ1) is 19.0. The molecule has 2 fully saturated rings. The molecule has 19 heavy (non-hydrogen) atoms. The van der Waals surface area contributed by atoms with Gasteiger partial charge in [0.25, 0.3) is 0 Å². The monoisotopic (exact) mass is 311 g/mol. The van der Waals surface area contributed by atoms with Gasteiger partial charge in [-0.1, -0.05) is 6.42 Å². The van der Waals surface area contributed by atoms with E-state index in [0.29, 0.717) is 6.04 Å². The van der Waals surface area contributed by atoms with Crippen LogP contribution in [0.15, 0.2) is 0 Å². The second kappa shape index (κ2) is 9.01. The van der Waals surface area contributed by atoms with E-state index in [0.717, 1.165) is 25.9 Å². The average Bonchev–Trinajstić information content (AvgIpc) is 2.39. The van der Waals surface area contributed by atoms with Crippen LogP contribution in [0.3, 0.4) is 0 Å². The van der Waals surface area contributed by atoms with Crippen LogP contribution in [-0.4, -0.2) is 54.0 Å². The van der Waals surface area contributed by atoms with Gasteiger partial charge in [0.2, 0.25) is 5.91 Å². The number of hydrogen-bond acceptors (Lipinski definition) is 3. The lowest BCUT2D eigenvalue weighted by atomic mass is 9.99. The highest BCUT2D eigenvalue weighted by Crippen LogP contribution is 2.20. The number of nitrogens with zero attached hydrogens (tertiary/aromatic N) is 2. The van der Waals surface area contributed by atoms with Gasteiger partial charge < -0.3 is 15.5 Å². The molecule has 0 aromatic rings. The number of halogens is 2. The summed E-state index contributed by atoms with van der Waals surface area (Å²) < 4.78 is 0. The first-order chi connectivity index (χ1) is 8.18. The molecule has 0 bridgehead atoms. The van der Waals surface area contributed by atoms with Gasteiger partial charge in [-0.2, -0.15) is 0 Å². The molecule has 4 nitrogen and oxygen atoms in total. The Labute approximate surface area is 128 Å². The van der Waals surface area contributed by atoms with Gasteiger partial charge in [-0.3, -0.25) is 4.79 Å². The minimum atomic E-state index is -0.346. The third kappa shape index (κ3) is 5.10. The maximum absolute atomic E-state index is 11.8. The largest absolute Gasteiger partial charge is 0.341 e. The van der Waals surface area contributed by atoms with E-state index in [1.807, 2.05) is 4.90 Å². The maximum Gasteiger partial charge on any atom is 0.239 e.